The van der Waals surface area contributed by atoms with Gasteiger partial charge in [0, 0.05) is 30.1 Å². The van der Waals surface area contributed by atoms with Gasteiger partial charge in [0.15, 0.2) is 5.78 Å². The minimum atomic E-state index is -0.322. The Morgan fingerprint density at radius 2 is 1.69 bits per heavy atom. The van der Waals surface area contributed by atoms with E-state index in [4.69, 9.17) is 4.74 Å². The molecule has 5 nitrogen and oxygen atoms in total. The summed E-state index contributed by atoms with van der Waals surface area (Å²) in [4.78, 5) is 38.8. The normalized spacial score (nSPS) is 15.8. The first-order valence-electron chi connectivity index (χ1n) is 10.2. The molecule has 0 spiro atoms. The van der Waals surface area contributed by atoms with Crippen molar-refractivity contribution in [3.63, 3.8) is 0 Å². The molecule has 0 radical (unpaired) electrons. The smallest absolute Gasteiger partial charge is 0.314 e. The number of amides is 1. The summed E-state index contributed by atoms with van der Waals surface area (Å²) in [5, 5.41) is 0. The predicted molar refractivity (Wildman–Crippen MR) is 111 cm³/mol. The highest BCUT2D eigenvalue weighted by molar-refractivity contribution is 6.09. The van der Waals surface area contributed by atoms with Crippen LogP contribution in [0.15, 0.2) is 54.6 Å². The van der Waals surface area contributed by atoms with Crippen LogP contribution in [0.4, 0.5) is 0 Å². The van der Waals surface area contributed by atoms with Gasteiger partial charge in [-0.3, -0.25) is 14.4 Å². The zero-order valence-corrected chi connectivity index (χ0v) is 17.0. The molecule has 0 saturated carbocycles. The molecule has 0 aromatic heterocycles. The quantitative estimate of drug-likeness (QED) is 0.382. The van der Waals surface area contributed by atoms with Crippen molar-refractivity contribution < 1.29 is 19.1 Å². The SMILES string of the molecule is CCC(CC(C)C(=O)Oc1ccc(C(=O)c2ccccc2)cc1)N1CCCC1=O. The van der Waals surface area contributed by atoms with Gasteiger partial charge < -0.3 is 9.64 Å². The highest BCUT2D eigenvalue weighted by Crippen LogP contribution is 2.23. The molecule has 29 heavy (non-hydrogen) atoms. The molecule has 1 fully saturated rings. The molecular formula is C24H27NO4. The summed E-state index contributed by atoms with van der Waals surface area (Å²) in [6, 6.07) is 15.7. The second-order valence-corrected chi connectivity index (χ2v) is 7.53. The zero-order chi connectivity index (χ0) is 20.8. The summed E-state index contributed by atoms with van der Waals surface area (Å²) in [5.74, 6) is -0.123. The van der Waals surface area contributed by atoms with Crippen LogP contribution in [-0.4, -0.2) is 35.1 Å². The molecule has 1 aliphatic heterocycles. The van der Waals surface area contributed by atoms with Crippen molar-refractivity contribution in [1.82, 2.24) is 4.90 Å². The third-order valence-corrected chi connectivity index (χ3v) is 5.42. The molecule has 2 atom stereocenters. The third-order valence-electron chi connectivity index (χ3n) is 5.42. The van der Waals surface area contributed by atoms with Crippen molar-refractivity contribution in [2.24, 2.45) is 5.92 Å². The number of hydrogen-bond acceptors (Lipinski definition) is 4. The van der Waals surface area contributed by atoms with Gasteiger partial charge in [0.25, 0.3) is 0 Å². The molecule has 2 aromatic carbocycles. The van der Waals surface area contributed by atoms with E-state index in [9.17, 15) is 14.4 Å². The fraction of sp³-hybridized carbons (Fsp3) is 0.375. The van der Waals surface area contributed by atoms with E-state index in [0.717, 1.165) is 19.4 Å². The van der Waals surface area contributed by atoms with Crippen LogP contribution in [0, 0.1) is 5.92 Å². The average molecular weight is 393 g/mol. The fourth-order valence-electron chi connectivity index (χ4n) is 3.72. The number of benzene rings is 2. The van der Waals surface area contributed by atoms with Crippen molar-refractivity contribution >= 4 is 17.7 Å². The van der Waals surface area contributed by atoms with Crippen LogP contribution in [0.3, 0.4) is 0 Å². The Balaban J connectivity index is 1.58. The van der Waals surface area contributed by atoms with Crippen LogP contribution in [0.5, 0.6) is 5.75 Å². The number of hydrogen-bond donors (Lipinski definition) is 0. The molecule has 1 aliphatic rings. The maximum absolute atomic E-state index is 12.5. The molecule has 1 amide bonds. The second kappa shape index (κ2) is 9.50. The summed E-state index contributed by atoms with van der Waals surface area (Å²) in [5.41, 5.74) is 1.16. The number of ether oxygens (including phenoxy) is 1. The molecule has 0 N–H and O–H groups in total. The molecule has 1 saturated heterocycles. The van der Waals surface area contributed by atoms with Crippen molar-refractivity contribution in [2.75, 3.05) is 6.54 Å². The van der Waals surface area contributed by atoms with E-state index in [0.29, 0.717) is 29.7 Å². The van der Waals surface area contributed by atoms with E-state index < -0.39 is 0 Å². The maximum Gasteiger partial charge on any atom is 0.314 e. The van der Waals surface area contributed by atoms with Crippen molar-refractivity contribution in [3.05, 3.63) is 65.7 Å². The number of nitrogens with zero attached hydrogens (tertiary/aromatic N) is 1. The summed E-state index contributed by atoms with van der Waals surface area (Å²) >= 11 is 0. The van der Waals surface area contributed by atoms with E-state index >= 15 is 0 Å². The average Bonchev–Trinajstić information content (AvgIpc) is 3.18. The summed E-state index contributed by atoms with van der Waals surface area (Å²) in [6.07, 6.45) is 2.90. The molecule has 1 heterocycles. The van der Waals surface area contributed by atoms with E-state index in [-0.39, 0.29) is 29.6 Å². The van der Waals surface area contributed by atoms with Crippen LogP contribution < -0.4 is 4.74 Å². The maximum atomic E-state index is 12.5. The van der Waals surface area contributed by atoms with Gasteiger partial charge in [-0.15, -0.1) is 0 Å². The lowest BCUT2D eigenvalue weighted by atomic mass is 9.99. The monoisotopic (exact) mass is 393 g/mol. The van der Waals surface area contributed by atoms with Crippen LogP contribution in [0.25, 0.3) is 0 Å². The Labute approximate surface area is 171 Å². The number of rotatable bonds is 8. The van der Waals surface area contributed by atoms with Gasteiger partial charge in [-0.05, 0) is 43.5 Å². The molecule has 152 valence electrons. The van der Waals surface area contributed by atoms with Crippen molar-refractivity contribution in [1.29, 1.82) is 0 Å². The Morgan fingerprint density at radius 1 is 1.03 bits per heavy atom. The highest BCUT2D eigenvalue weighted by Gasteiger charge is 2.30. The predicted octanol–water partition coefficient (Wildman–Crippen LogP) is 4.25. The topological polar surface area (TPSA) is 63.7 Å². The van der Waals surface area contributed by atoms with Crippen molar-refractivity contribution in [2.45, 2.75) is 45.6 Å². The Bertz CT molecular complexity index is 860. The summed E-state index contributed by atoms with van der Waals surface area (Å²) in [7, 11) is 0. The number of esters is 1. The van der Waals surface area contributed by atoms with Gasteiger partial charge in [0.1, 0.15) is 5.75 Å². The molecule has 0 bridgehead atoms. The van der Waals surface area contributed by atoms with Gasteiger partial charge >= 0.3 is 5.97 Å². The summed E-state index contributed by atoms with van der Waals surface area (Å²) in [6.45, 7) is 4.64. The van der Waals surface area contributed by atoms with E-state index in [1.54, 1.807) is 36.4 Å². The van der Waals surface area contributed by atoms with Gasteiger partial charge in [-0.25, -0.2) is 0 Å². The lowest BCUT2D eigenvalue weighted by Crippen LogP contribution is -2.38. The number of ketones is 1. The van der Waals surface area contributed by atoms with Gasteiger partial charge in [0.2, 0.25) is 5.91 Å². The molecule has 5 heteroatoms. The van der Waals surface area contributed by atoms with Gasteiger partial charge in [-0.2, -0.15) is 0 Å². The van der Waals surface area contributed by atoms with Gasteiger partial charge in [0.05, 0.1) is 5.92 Å². The second-order valence-electron chi connectivity index (χ2n) is 7.53. The molecular weight excluding hydrogens is 366 g/mol. The molecule has 2 unspecified atom stereocenters. The number of carbonyl (C=O) groups is 3. The lowest BCUT2D eigenvalue weighted by molar-refractivity contribution is -0.140. The van der Waals surface area contributed by atoms with Gasteiger partial charge in [-0.1, -0.05) is 44.2 Å². The minimum absolute atomic E-state index is 0.0680. The largest absolute Gasteiger partial charge is 0.426 e. The number of carbonyl (C=O) groups excluding carboxylic acids is 3. The van der Waals surface area contributed by atoms with Crippen LogP contribution in [0.1, 0.15) is 55.5 Å². The van der Waals surface area contributed by atoms with E-state index in [1.807, 2.05) is 36.9 Å². The van der Waals surface area contributed by atoms with Crippen LogP contribution >= 0.6 is 0 Å². The first-order chi connectivity index (χ1) is 14.0. The molecule has 0 aliphatic carbocycles. The molecule has 2 aromatic rings. The highest BCUT2D eigenvalue weighted by atomic mass is 16.5. The number of likely N-dealkylation sites (tertiary alicyclic amines) is 1. The van der Waals surface area contributed by atoms with Crippen LogP contribution in [-0.2, 0) is 9.59 Å². The Hall–Kier alpha value is -2.95. The fourth-order valence-corrected chi connectivity index (χ4v) is 3.72. The van der Waals surface area contributed by atoms with Crippen molar-refractivity contribution in [3.8, 4) is 5.75 Å². The Morgan fingerprint density at radius 3 is 2.28 bits per heavy atom. The third kappa shape index (κ3) is 5.11. The standard InChI is InChI=1S/C24H27NO4/c1-3-20(25-15-7-10-22(25)26)16-17(2)24(28)29-21-13-11-19(12-14-21)23(27)18-8-5-4-6-9-18/h4-6,8-9,11-14,17,20H,3,7,10,15-16H2,1-2H3. The van der Waals surface area contributed by atoms with E-state index in [2.05, 4.69) is 0 Å². The zero-order valence-electron chi connectivity index (χ0n) is 17.0. The minimum Gasteiger partial charge on any atom is -0.426 e. The Kier molecular flexibility index (Phi) is 6.81. The first-order valence-corrected chi connectivity index (χ1v) is 10.2. The van der Waals surface area contributed by atoms with E-state index in [1.165, 1.54) is 0 Å². The first kappa shape index (κ1) is 20.8. The summed E-state index contributed by atoms with van der Waals surface area (Å²) < 4.78 is 5.50. The van der Waals surface area contributed by atoms with Crippen LogP contribution in [0.2, 0.25) is 0 Å². The molecule has 3 rings (SSSR count). The lowest BCUT2D eigenvalue weighted by Gasteiger charge is -2.28.